The van der Waals surface area contributed by atoms with E-state index >= 15 is 0 Å². The number of hydrogen-bond donors (Lipinski definition) is 1. The van der Waals surface area contributed by atoms with Crippen LogP contribution in [-0.2, 0) is 4.79 Å². The molecule has 2 amide bonds. The van der Waals surface area contributed by atoms with Crippen LogP contribution < -0.4 is 5.32 Å². The first-order valence-corrected chi connectivity index (χ1v) is 7.74. The average Bonchev–Trinajstić information content (AvgIpc) is 2.55. The SMILES string of the molecule is CCCC1C(=O)NCCN1C(=O)c1cnc2ccc(F)cc2c1. The van der Waals surface area contributed by atoms with E-state index in [0.29, 0.717) is 36.0 Å². The Labute approximate surface area is 133 Å². The molecule has 1 atom stereocenters. The molecule has 0 radical (unpaired) electrons. The summed E-state index contributed by atoms with van der Waals surface area (Å²) in [6, 6.07) is 5.44. The number of halogens is 1. The predicted molar refractivity (Wildman–Crippen MR) is 84.4 cm³/mol. The quantitative estimate of drug-likeness (QED) is 0.943. The van der Waals surface area contributed by atoms with Crippen molar-refractivity contribution >= 4 is 22.7 Å². The van der Waals surface area contributed by atoms with Gasteiger partial charge in [0.1, 0.15) is 11.9 Å². The minimum absolute atomic E-state index is 0.119. The molecular weight excluding hydrogens is 297 g/mol. The highest BCUT2D eigenvalue weighted by molar-refractivity contribution is 6.00. The topological polar surface area (TPSA) is 62.3 Å². The summed E-state index contributed by atoms with van der Waals surface area (Å²) in [6.07, 6.45) is 2.91. The molecule has 3 rings (SSSR count). The number of carbonyl (C=O) groups is 2. The zero-order valence-corrected chi connectivity index (χ0v) is 12.9. The first-order valence-electron chi connectivity index (χ1n) is 7.74. The van der Waals surface area contributed by atoms with Crippen LogP contribution in [0, 0.1) is 5.82 Å². The van der Waals surface area contributed by atoms with E-state index < -0.39 is 6.04 Å². The zero-order chi connectivity index (χ0) is 16.4. The van der Waals surface area contributed by atoms with Crippen molar-refractivity contribution in [3.63, 3.8) is 0 Å². The van der Waals surface area contributed by atoms with Crippen molar-refractivity contribution in [1.82, 2.24) is 15.2 Å². The molecule has 1 saturated heterocycles. The largest absolute Gasteiger partial charge is 0.353 e. The van der Waals surface area contributed by atoms with Gasteiger partial charge in [0.05, 0.1) is 11.1 Å². The third kappa shape index (κ3) is 3.02. The molecule has 1 fully saturated rings. The van der Waals surface area contributed by atoms with Crippen LogP contribution in [0.1, 0.15) is 30.1 Å². The van der Waals surface area contributed by atoms with Gasteiger partial charge in [-0.3, -0.25) is 14.6 Å². The van der Waals surface area contributed by atoms with Crippen molar-refractivity contribution in [3.8, 4) is 0 Å². The zero-order valence-electron chi connectivity index (χ0n) is 12.9. The maximum atomic E-state index is 13.4. The Balaban J connectivity index is 1.93. The Hall–Kier alpha value is -2.50. The Morgan fingerprint density at radius 2 is 2.26 bits per heavy atom. The summed E-state index contributed by atoms with van der Waals surface area (Å²) in [5.74, 6) is -0.728. The van der Waals surface area contributed by atoms with Gasteiger partial charge in [-0.05, 0) is 30.7 Å². The average molecular weight is 315 g/mol. The number of nitrogens with one attached hydrogen (secondary N) is 1. The van der Waals surface area contributed by atoms with Crippen molar-refractivity contribution in [1.29, 1.82) is 0 Å². The van der Waals surface area contributed by atoms with Gasteiger partial charge in [-0.2, -0.15) is 0 Å². The van der Waals surface area contributed by atoms with Crippen molar-refractivity contribution in [2.24, 2.45) is 0 Å². The highest BCUT2D eigenvalue weighted by Crippen LogP contribution is 2.19. The van der Waals surface area contributed by atoms with Crippen LogP contribution in [0.3, 0.4) is 0 Å². The summed E-state index contributed by atoms with van der Waals surface area (Å²) in [5, 5.41) is 3.37. The second-order valence-electron chi connectivity index (χ2n) is 5.66. The number of carbonyl (C=O) groups excluding carboxylic acids is 2. The summed E-state index contributed by atoms with van der Waals surface area (Å²) in [4.78, 5) is 30.6. The fourth-order valence-corrected chi connectivity index (χ4v) is 2.90. The van der Waals surface area contributed by atoms with E-state index in [1.807, 2.05) is 6.92 Å². The molecule has 1 unspecified atom stereocenters. The highest BCUT2D eigenvalue weighted by atomic mass is 19.1. The molecule has 1 aliphatic rings. The van der Waals surface area contributed by atoms with Crippen LogP contribution in [0.2, 0.25) is 0 Å². The third-order valence-corrected chi connectivity index (χ3v) is 4.04. The van der Waals surface area contributed by atoms with Crippen LogP contribution in [-0.4, -0.2) is 40.8 Å². The third-order valence-electron chi connectivity index (χ3n) is 4.04. The fourth-order valence-electron chi connectivity index (χ4n) is 2.90. The predicted octanol–water partition coefficient (Wildman–Crippen LogP) is 2.11. The monoisotopic (exact) mass is 315 g/mol. The molecule has 2 aromatic rings. The van der Waals surface area contributed by atoms with Gasteiger partial charge in [0.25, 0.3) is 5.91 Å². The van der Waals surface area contributed by atoms with Gasteiger partial charge in [-0.25, -0.2) is 4.39 Å². The molecular formula is C17H18FN3O2. The summed E-state index contributed by atoms with van der Waals surface area (Å²) in [7, 11) is 0. The number of benzene rings is 1. The lowest BCUT2D eigenvalue weighted by Crippen LogP contribution is -2.57. The highest BCUT2D eigenvalue weighted by Gasteiger charge is 2.32. The van der Waals surface area contributed by atoms with Crippen molar-refractivity contribution in [3.05, 3.63) is 41.8 Å². The van der Waals surface area contributed by atoms with Crippen LogP contribution in [0.15, 0.2) is 30.5 Å². The van der Waals surface area contributed by atoms with Gasteiger partial charge in [-0.1, -0.05) is 13.3 Å². The minimum Gasteiger partial charge on any atom is -0.353 e. The van der Waals surface area contributed by atoms with Gasteiger partial charge in [0.2, 0.25) is 5.91 Å². The standard InChI is InChI=1S/C17H18FN3O2/c1-2-3-15-16(22)19-6-7-21(15)17(23)12-8-11-9-13(18)4-5-14(11)20-10-12/h4-5,8-10,15H,2-3,6-7H2,1H3,(H,19,22). The Morgan fingerprint density at radius 1 is 1.43 bits per heavy atom. The molecule has 120 valence electrons. The fraction of sp³-hybridized carbons (Fsp3) is 0.353. The molecule has 1 N–H and O–H groups in total. The van der Waals surface area contributed by atoms with E-state index in [1.54, 1.807) is 17.0 Å². The maximum absolute atomic E-state index is 13.4. The number of nitrogens with zero attached hydrogens (tertiary/aromatic N) is 2. The molecule has 0 bridgehead atoms. The Kier molecular flexibility index (Phi) is 4.23. The molecule has 1 aromatic heterocycles. The second kappa shape index (κ2) is 6.32. The van der Waals surface area contributed by atoms with E-state index in [-0.39, 0.29) is 17.6 Å². The van der Waals surface area contributed by atoms with Crippen LogP contribution in [0.25, 0.3) is 10.9 Å². The van der Waals surface area contributed by atoms with Gasteiger partial charge in [0, 0.05) is 24.7 Å². The van der Waals surface area contributed by atoms with Gasteiger partial charge in [-0.15, -0.1) is 0 Å². The lowest BCUT2D eigenvalue weighted by molar-refractivity contribution is -0.128. The van der Waals surface area contributed by atoms with E-state index in [1.165, 1.54) is 18.3 Å². The first-order chi connectivity index (χ1) is 11.1. The molecule has 23 heavy (non-hydrogen) atoms. The van der Waals surface area contributed by atoms with E-state index in [9.17, 15) is 14.0 Å². The van der Waals surface area contributed by atoms with Crippen LogP contribution >= 0.6 is 0 Å². The van der Waals surface area contributed by atoms with Crippen molar-refractivity contribution in [2.75, 3.05) is 13.1 Å². The number of amides is 2. The van der Waals surface area contributed by atoms with Gasteiger partial charge in [0.15, 0.2) is 0 Å². The smallest absolute Gasteiger partial charge is 0.256 e. The molecule has 1 aromatic carbocycles. The van der Waals surface area contributed by atoms with E-state index in [0.717, 1.165) is 6.42 Å². The number of hydrogen-bond acceptors (Lipinski definition) is 3. The second-order valence-corrected chi connectivity index (χ2v) is 5.66. The van der Waals surface area contributed by atoms with Crippen molar-refractivity contribution < 1.29 is 14.0 Å². The summed E-state index contributed by atoms with van der Waals surface area (Å²) in [5.41, 5.74) is 1.00. The van der Waals surface area contributed by atoms with E-state index in [2.05, 4.69) is 10.3 Å². The molecule has 6 heteroatoms. The summed E-state index contributed by atoms with van der Waals surface area (Å²) >= 11 is 0. The molecule has 5 nitrogen and oxygen atoms in total. The number of piperazine rings is 1. The Morgan fingerprint density at radius 3 is 3.04 bits per heavy atom. The molecule has 0 aliphatic carbocycles. The number of rotatable bonds is 3. The van der Waals surface area contributed by atoms with Gasteiger partial charge >= 0.3 is 0 Å². The van der Waals surface area contributed by atoms with Crippen LogP contribution in [0.4, 0.5) is 4.39 Å². The minimum atomic E-state index is -0.454. The lowest BCUT2D eigenvalue weighted by Gasteiger charge is -2.35. The van der Waals surface area contributed by atoms with Crippen LogP contribution in [0.5, 0.6) is 0 Å². The van der Waals surface area contributed by atoms with Crippen molar-refractivity contribution in [2.45, 2.75) is 25.8 Å². The maximum Gasteiger partial charge on any atom is 0.256 e. The van der Waals surface area contributed by atoms with E-state index in [4.69, 9.17) is 0 Å². The normalized spacial score (nSPS) is 18.1. The summed E-state index contributed by atoms with van der Waals surface area (Å²) < 4.78 is 13.4. The number of fused-ring (bicyclic) bond motifs is 1. The Bertz CT molecular complexity index is 763. The summed E-state index contributed by atoms with van der Waals surface area (Å²) in [6.45, 7) is 2.89. The lowest BCUT2D eigenvalue weighted by atomic mass is 10.0. The molecule has 0 spiro atoms. The number of aromatic nitrogens is 1. The first kappa shape index (κ1) is 15.4. The van der Waals surface area contributed by atoms with Gasteiger partial charge < -0.3 is 10.2 Å². The number of pyridine rings is 1. The molecule has 0 saturated carbocycles. The molecule has 2 heterocycles. The molecule has 1 aliphatic heterocycles.